The second kappa shape index (κ2) is 8.73. The topological polar surface area (TPSA) is 54.9 Å². The van der Waals surface area contributed by atoms with Gasteiger partial charge in [-0.05, 0) is 36.2 Å². The fourth-order valence-electron chi connectivity index (χ4n) is 2.38. The van der Waals surface area contributed by atoms with Crippen LogP contribution in [-0.4, -0.2) is 21.9 Å². The summed E-state index contributed by atoms with van der Waals surface area (Å²) in [5.41, 5.74) is 2.92. The van der Waals surface area contributed by atoms with Crippen molar-refractivity contribution in [2.45, 2.75) is 18.4 Å². The maximum atomic E-state index is 13.5. The van der Waals surface area contributed by atoms with Gasteiger partial charge in [0, 0.05) is 11.6 Å². The van der Waals surface area contributed by atoms with Gasteiger partial charge in [-0.2, -0.15) is 0 Å². The summed E-state index contributed by atoms with van der Waals surface area (Å²) >= 11 is 1.18. The number of rotatable bonds is 6. The molecule has 0 aliphatic rings. The predicted octanol–water partition coefficient (Wildman–Crippen LogP) is 4.72. The lowest BCUT2D eigenvalue weighted by atomic mass is 10.1. The minimum Gasteiger partial charge on any atom is -0.323 e. The molecule has 0 bridgehead atoms. The van der Waals surface area contributed by atoms with Gasteiger partial charge in [0.05, 0.1) is 17.1 Å². The number of nitrogens with one attached hydrogen (secondary N) is 1. The quantitative estimate of drug-likeness (QED) is 0.624. The van der Waals surface area contributed by atoms with E-state index in [4.69, 9.17) is 0 Å². The van der Waals surface area contributed by atoms with Gasteiger partial charge in [-0.3, -0.25) is 4.79 Å². The van der Waals surface area contributed by atoms with E-state index in [1.807, 2.05) is 18.2 Å². The van der Waals surface area contributed by atoms with E-state index in [0.29, 0.717) is 5.03 Å². The summed E-state index contributed by atoms with van der Waals surface area (Å²) in [7, 11) is 0. The molecule has 0 aliphatic heterocycles. The third-order valence-corrected chi connectivity index (χ3v) is 4.77. The molecule has 1 aromatic heterocycles. The minimum atomic E-state index is -0.813. The molecule has 0 saturated carbocycles. The normalized spacial score (nSPS) is 10.6. The van der Waals surface area contributed by atoms with Gasteiger partial charge in [0.2, 0.25) is 5.91 Å². The van der Waals surface area contributed by atoms with Crippen LogP contribution in [0.3, 0.4) is 0 Å². The summed E-state index contributed by atoms with van der Waals surface area (Å²) in [6, 6.07) is 14.7. The fraction of sp³-hybridized carbons (Fsp3) is 0.150. The first-order chi connectivity index (χ1) is 13.0. The summed E-state index contributed by atoms with van der Waals surface area (Å²) in [4.78, 5) is 11.9. The molecule has 0 fully saturated rings. The number of hydrogen-bond donors (Lipinski definition) is 1. The minimum absolute atomic E-state index is 0.0377. The van der Waals surface area contributed by atoms with Crippen LogP contribution < -0.4 is 5.32 Å². The molecule has 1 heterocycles. The van der Waals surface area contributed by atoms with Crippen molar-refractivity contribution in [1.82, 2.24) is 10.2 Å². The molecule has 0 aliphatic carbocycles. The van der Waals surface area contributed by atoms with Crippen LogP contribution in [0.25, 0.3) is 11.3 Å². The highest BCUT2D eigenvalue weighted by Gasteiger charge is 2.09. The van der Waals surface area contributed by atoms with Crippen molar-refractivity contribution in [2.24, 2.45) is 0 Å². The molecule has 0 atom stereocenters. The molecule has 0 unspecified atom stereocenters. The number of thioether (sulfide) groups is 1. The highest BCUT2D eigenvalue weighted by molar-refractivity contribution is 7.99. The van der Waals surface area contributed by atoms with E-state index < -0.39 is 17.5 Å². The number of aromatic nitrogens is 2. The van der Waals surface area contributed by atoms with Crippen LogP contribution in [0.5, 0.6) is 0 Å². The summed E-state index contributed by atoms with van der Waals surface area (Å²) in [5, 5.41) is 11.3. The number of halogens is 2. The van der Waals surface area contributed by atoms with E-state index >= 15 is 0 Å². The van der Waals surface area contributed by atoms with E-state index in [2.05, 4.69) is 34.6 Å². The third-order valence-electron chi connectivity index (χ3n) is 3.85. The van der Waals surface area contributed by atoms with Crippen molar-refractivity contribution in [3.05, 3.63) is 71.8 Å². The molecule has 138 valence electrons. The van der Waals surface area contributed by atoms with Crippen LogP contribution in [0.1, 0.15) is 12.5 Å². The molecule has 7 heteroatoms. The first-order valence-electron chi connectivity index (χ1n) is 8.36. The number of carbonyl (C=O) groups is 1. The molecule has 27 heavy (non-hydrogen) atoms. The zero-order chi connectivity index (χ0) is 19.2. The molecule has 1 N–H and O–H groups in total. The molecule has 0 spiro atoms. The second-order valence-corrected chi connectivity index (χ2v) is 6.76. The Morgan fingerprint density at radius 3 is 2.44 bits per heavy atom. The fourth-order valence-corrected chi connectivity index (χ4v) is 2.99. The Morgan fingerprint density at radius 1 is 1.04 bits per heavy atom. The lowest BCUT2D eigenvalue weighted by Gasteiger charge is -2.06. The number of nitrogens with zero attached hydrogens (tertiary/aromatic N) is 2. The lowest BCUT2D eigenvalue weighted by molar-refractivity contribution is -0.113. The van der Waals surface area contributed by atoms with Gasteiger partial charge in [-0.25, -0.2) is 8.78 Å². The van der Waals surface area contributed by atoms with Gasteiger partial charge in [0.15, 0.2) is 0 Å². The molecular formula is C20H17F2N3OS. The van der Waals surface area contributed by atoms with Crippen LogP contribution >= 0.6 is 11.8 Å². The maximum Gasteiger partial charge on any atom is 0.234 e. The smallest absolute Gasteiger partial charge is 0.234 e. The number of benzene rings is 2. The molecule has 3 rings (SSSR count). The average molecular weight is 385 g/mol. The van der Waals surface area contributed by atoms with Crippen LogP contribution in [0, 0.1) is 11.6 Å². The molecule has 0 saturated heterocycles. The van der Waals surface area contributed by atoms with Gasteiger partial charge in [-0.15, -0.1) is 10.2 Å². The number of carbonyl (C=O) groups excluding carboxylic acids is 1. The largest absolute Gasteiger partial charge is 0.323 e. The average Bonchev–Trinajstić information content (AvgIpc) is 2.69. The Hall–Kier alpha value is -2.80. The number of aryl methyl sites for hydroxylation is 1. The van der Waals surface area contributed by atoms with Gasteiger partial charge in [-0.1, -0.05) is 43.0 Å². The second-order valence-electron chi connectivity index (χ2n) is 5.77. The zero-order valence-electron chi connectivity index (χ0n) is 14.6. The van der Waals surface area contributed by atoms with E-state index in [0.717, 1.165) is 29.8 Å². The Morgan fingerprint density at radius 2 is 1.81 bits per heavy atom. The Bertz CT molecular complexity index is 931. The zero-order valence-corrected chi connectivity index (χ0v) is 15.4. The van der Waals surface area contributed by atoms with Gasteiger partial charge >= 0.3 is 0 Å². The molecular weight excluding hydrogens is 368 g/mol. The van der Waals surface area contributed by atoms with Crippen LogP contribution in [0.4, 0.5) is 14.5 Å². The summed E-state index contributed by atoms with van der Waals surface area (Å²) < 4.78 is 26.4. The first-order valence-corrected chi connectivity index (χ1v) is 9.34. The third kappa shape index (κ3) is 5.10. The van der Waals surface area contributed by atoms with Crippen molar-refractivity contribution in [3.63, 3.8) is 0 Å². The van der Waals surface area contributed by atoms with E-state index in [9.17, 15) is 13.6 Å². The van der Waals surface area contributed by atoms with Gasteiger partial charge in [0.1, 0.15) is 16.7 Å². The predicted molar refractivity (Wildman–Crippen MR) is 103 cm³/mol. The van der Waals surface area contributed by atoms with Crippen molar-refractivity contribution in [3.8, 4) is 11.3 Å². The Labute approximate surface area is 160 Å². The SMILES string of the molecule is CCc1ccc(-c2ccc(SCC(=O)Nc3ccc(F)cc3F)nn2)cc1. The first kappa shape index (κ1) is 19.0. The number of amides is 1. The van der Waals surface area contributed by atoms with E-state index in [1.165, 1.54) is 23.4 Å². The van der Waals surface area contributed by atoms with Crippen LogP contribution in [-0.2, 0) is 11.2 Å². The number of anilines is 1. The Kier molecular flexibility index (Phi) is 6.13. The standard InChI is InChI=1S/C20H17F2N3OS/c1-2-13-3-5-14(6-4-13)17-9-10-20(25-24-17)27-12-19(26)23-18-8-7-15(21)11-16(18)22/h3-11H,2,12H2,1H3,(H,23,26). The van der Waals surface area contributed by atoms with E-state index in [1.54, 1.807) is 6.07 Å². The van der Waals surface area contributed by atoms with Crippen molar-refractivity contribution in [1.29, 1.82) is 0 Å². The molecule has 4 nitrogen and oxygen atoms in total. The number of hydrogen-bond acceptors (Lipinski definition) is 4. The molecule has 3 aromatic rings. The maximum absolute atomic E-state index is 13.5. The summed E-state index contributed by atoms with van der Waals surface area (Å²) in [6.07, 6.45) is 0.978. The van der Waals surface area contributed by atoms with Crippen molar-refractivity contribution in [2.75, 3.05) is 11.1 Å². The van der Waals surface area contributed by atoms with Crippen molar-refractivity contribution < 1.29 is 13.6 Å². The molecule has 2 aromatic carbocycles. The van der Waals surface area contributed by atoms with E-state index in [-0.39, 0.29) is 11.4 Å². The molecule has 0 radical (unpaired) electrons. The summed E-state index contributed by atoms with van der Waals surface area (Å²) in [6.45, 7) is 2.10. The highest BCUT2D eigenvalue weighted by Crippen LogP contribution is 2.21. The van der Waals surface area contributed by atoms with Crippen LogP contribution in [0.15, 0.2) is 59.6 Å². The van der Waals surface area contributed by atoms with Crippen LogP contribution in [0.2, 0.25) is 0 Å². The highest BCUT2D eigenvalue weighted by atomic mass is 32.2. The summed E-state index contributed by atoms with van der Waals surface area (Å²) in [5.74, 6) is -1.88. The monoisotopic (exact) mass is 385 g/mol. The van der Waals surface area contributed by atoms with Gasteiger partial charge < -0.3 is 5.32 Å². The lowest BCUT2D eigenvalue weighted by Crippen LogP contribution is -2.15. The van der Waals surface area contributed by atoms with Crippen molar-refractivity contribution >= 4 is 23.4 Å². The van der Waals surface area contributed by atoms with Gasteiger partial charge in [0.25, 0.3) is 0 Å². The Balaban J connectivity index is 1.57. The molecule has 1 amide bonds.